The van der Waals surface area contributed by atoms with E-state index in [1.807, 2.05) is 13.8 Å². The van der Waals surface area contributed by atoms with Gasteiger partial charge in [0, 0.05) is 6.20 Å². The number of rotatable bonds is 3. The van der Waals surface area contributed by atoms with Gasteiger partial charge in [0.1, 0.15) is 10.7 Å². The van der Waals surface area contributed by atoms with Gasteiger partial charge in [0.2, 0.25) is 0 Å². The molecule has 0 saturated heterocycles. The summed E-state index contributed by atoms with van der Waals surface area (Å²) in [5, 5.41) is 0.203. The van der Waals surface area contributed by atoms with Gasteiger partial charge in [0.25, 0.3) is 10.0 Å². The van der Waals surface area contributed by atoms with Gasteiger partial charge in [-0.05, 0) is 55.7 Å². The Morgan fingerprint density at radius 3 is 2.40 bits per heavy atom. The molecule has 0 unspecified atom stereocenters. The molecule has 0 bridgehead atoms. The molecule has 0 spiro atoms. The number of nitrogens with zero attached hydrogens (tertiary/aromatic N) is 1. The smallest absolute Gasteiger partial charge is 0.263 e. The van der Waals surface area contributed by atoms with Crippen LogP contribution >= 0.6 is 11.6 Å². The molecule has 4 nitrogen and oxygen atoms in total. The van der Waals surface area contributed by atoms with Crippen LogP contribution in [0.3, 0.4) is 0 Å². The van der Waals surface area contributed by atoms with Crippen molar-refractivity contribution in [3.05, 3.63) is 52.2 Å². The summed E-state index contributed by atoms with van der Waals surface area (Å²) >= 11 is 6.05. The molecule has 1 aromatic carbocycles. The molecule has 0 fully saturated rings. The van der Waals surface area contributed by atoms with Crippen LogP contribution in [0.5, 0.6) is 0 Å². The molecule has 0 aliphatic rings. The van der Waals surface area contributed by atoms with E-state index in [2.05, 4.69) is 9.71 Å². The molecule has 0 aliphatic heterocycles. The average Bonchev–Trinajstić information content (AvgIpc) is 2.36. The fraction of sp³-hybridized carbons (Fsp3) is 0.214. The Hall–Kier alpha value is -1.59. The number of hydrogen-bond acceptors (Lipinski definition) is 3. The lowest BCUT2D eigenvalue weighted by Crippen LogP contribution is -2.15. The number of aromatic nitrogens is 1. The summed E-state index contributed by atoms with van der Waals surface area (Å²) < 4.78 is 27.3. The van der Waals surface area contributed by atoms with E-state index in [4.69, 9.17) is 11.6 Å². The van der Waals surface area contributed by atoms with Crippen molar-refractivity contribution in [2.75, 3.05) is 4.72 Å². The fourth-order valence-electron chi connectivity index (χ4n) is 1.74. The highest BCUT2D eigenvalue weighted by molar-refractivity contribution is 7.92. The minimum absolute atomic E-state index is 0.0623. The molecule has 0 aliphatic carbocycles. The third-order valence-electron chi connectivity index (χ3n) is 3.08. The minimum atomic E-state index is -3.75. The highest BCUT2D eigenvalue weighted by atomic mass is 35.5. The standard InChI is InChI=1S/C14H15ClN2O2S/c1-9-5-4-6-16-14(9)17-20(18,19)13-8-11(3)10(2)7-12(13)15/h4-8H,1-3H3,(H,16,17). The van der Waals surface area contributed by atoms with Gasteiger partial charge in [-0.3, -0.25) is 4.72 Å². The van der Waals surface area contributed by atoms with E-state index >= 15 is 0 Å². The quantitative estimate of drug-likeness (QED) is 0.944. The fourth-order valence-corrected chi connectivity index (χ4v) is 3.48. The third-order valence-corrected chi connectivity index (χ3v) is 4.88. The second-order valence-electron chi connectivity index (χ2n) is 4.64. The van der Waals surface area contributed by atoms with E-state index in [-0.39, 0.29) is 9.92 Å². The second-order valence-corrected chi connectivity index (χ2v) is 6.70. The van der Waals surface area contributed by atoms with Gasteiger partial charge in [-0.15, -0.1) is 0 Å². The zero-order valence-corrected chi connectivity index (χ0v) is 13.0. The lowest BCUT2D eigenvalue weighted by atomic mass is 10.1. The van der Waals surface area contributed by atoms with E-state index in [9.17, 15) is 8.42 Å². The van der Waals surface area contributed by atoms with Gasteiger partial charge in [-0.1, -0.05) is 17.7 Å². The van der Waals surface area contributed by atoms with Crippen LogP contribution in [0.25, 0.3) is 0 Å². The number of anilines is 1. The largest absolute Gasteiger partial charge is 0.264 e. The normalized spacial score (nSPS) is 11.4. The van der Waals surface area contributed by atoms with E-state index in [0.29, 0.717) is 5.82 Å². The van der Waals surface area contributed by atoms with Crippen LogP contribution in [0, 0.1) is 20.8 Å². The SMILES string of the molecule is Cc1cc(Cl)c(S(=O)(=O)Nc2ncccc2C)cc1C. The topological polar surface area (TPSA) is 59.1 Å². The highest BCUT2D eigenvalue weighted by Gasteiger charge is 2.20. The molecule has 0 radical (unpaired) electrons. The maximum atomic E-state index is 12.4. The number of nitrogens with one attached hydrogen (secondary N) is 1. The number of aryl methyl sites for hydroxylation is 3. The Bertz CT molecular complexity index is 758. The Kier molecular flexibility index (Phi) is 4.01. The van der Waals surface area contributed by atoms with Crippen molar-refractivity contribution in [1.82, 2.24) is 4.98 Å². The molecule has 2 rings (SSSR count). The first-order chi connectivity index (χ1) is 9.31. The Labute approximate surface area is 123 Å². The van der Waals surface area contributed by atoms with E-state index in [1.165, 1.54) is 6.20 Å². The molecule has 1 heterocycles. The van der Waals surface area contributed by atoms with Gasteiger partial charge in [-0.25, -0.2) is 13.4 Å². The first kappa shape index (κ1) is 14.8. The first-order valence-electron chi connectivity index (χ1n) is 6.02. The summed E-state index contributed by atoms with van der Waals surface area (Å²) in [6.07, 6.45) is 1.53. The summed E-state index contributed by atoms with van der Waals surface area (Å²) in [5.41, 5.74) is 2.56. The van der Waals surface area contributed by atoms with Gasteiger partial charge in [0.15, 0.2) is 0 Å². The summed E-state index contributed by atoms with van der Waals surface area (Å²) in [7, 11) is -3.75. The van der Waals surface area contributed by atoms with Crippen LogP contribution in [0.2, 0.25) is 5.02 Å². The lowest BCUT2D eigenvalue weighted by molar-refractivity contribution is 0.601. The molecule has 6 heteroatoms. The number of pyridine rings is 1. The summed E-state index contributed by atoms with van der Waals surface area (Å²) in [4.78, 5) is 4.09. The van der Waals surface area contributed by atoms with Gasteiger partial charge >= 0.3 is 0 Å². The van der Waals surface area contributed by atoms with Crippen LogP contribution in [0.4, 0.5) is 5.82 Å². The molecule has 1 N–H and O–H groups in total. The van der Waals surface area contributed by atoms with Gasteiger partial charge in [0.05, 0.1) is 5.02 Å². The molecular weight excluding hydrogens is 296 g/mol. The van der Waals surface area contributed by atoms with Crippen molar-refractivity contribution in [1.29, 1.82) is 0 Å². The van der Waals surface area contributed by atoms with Crippen molar-refractivity contribution < 1.29 is 8.42 Å². The number of benzene rings is 1. The summed E-state index contributed by atoms with van der Waals surface area (Å²) in [5.74, 6) is 0.307. The average molecular weight is 311 g/mol. The van der Waals surface area contributed by atoms with Crippen LogP contribution in [0.1, 0.15) is 16.7 Å². The maximum Gasteiger partial charge on any atom is 0.264 e. The summed E-state index contributed by atoms with van der Waals surface area (Å²) in [6.45, 7) is 5.51. The van der Waals surface area contributed by atoms with Crippen molar-refractivity contribution in [3.8, 4) is 0 Å². The molecule has 2 aromatic rings. The van der Waals surface area contributed by atoms with E-state index in [0.717, 1.165) is 16.7 Å². The molecular formula is C14H15ClN2O2S. The molecule has 106 valence electrons. The first-order valence-corrected chi connectivity index (χ1v) is 7.88. The van der Waals surface area contributed by atoms with Gasteiger partial charge < -0.3 is 0 Å². The molecule has 1 aromatic heterocycles. The number of hydrogen-bond donors (Lipinski definition) is 1. The predicted molar refractivity (Wildman–Crippen MR) is 80.7 cm³/mol. The highest BCUT2D eigenvalue weighted by Crippen LogP contribution is 2.27. The van der Waals surface area contributed by atoms with E-state index < -0.39 is 10.0 Å². The van der Waals surface area contributed by atoms with Crippen molar-refractivity contribution in [2.24, 2.45) is 0 Å². The molecule has 0 saturated carbocycles. The molecule has 20 heavy (non-hydrogen) atoms. The Morgan fingerprint density at radius 1 is 1.10 bits per heavy atom. The predicted octanol–water partition coefficient (Wildman–Crippen LogP) is 3.46. The van der Waals surface area contributed by atoms with E-state index in [1.54, 1.807) is 31.2 Å². The second kappa shape index (κ2) is 5.42. The zero-order valence-electron chi connectivity index (χ0n) is 11.4. The number of sulfonamides is 1. The summed E-state index contributed by atoms with van der Waals surface area (Å²) in [6, 6.07) is 6.75. The van der Waals surface area contributed by atoms with Crippen LogP contribution < -0.4 is 4.72 Å². The Balaban J connectivity index is 2.47. The van der Waals surface area contributed by atoms with Crippen LogP contribution in [0.15, 0.2) is 35.4 Å². The van der Waals surface area contributed by atoms with Crippen LogP contribution in [-0.4, -0.2) is 13.4 Å². The number of halogens is 1. The zero-order chi connectivity index (χ0) is 14.9. The van der Waals surface area contributed by atoms with Crippen LogP contribution in [-0.2, 0) is 10.0 Å². The third kappa shape index (κ3) is 2.94. The van der Waals surface area contributed by atoms with Crippen molar-refractivity contribution in [2.45, 2.75) is 25.7 Å². The maximum absolute atomic E-state index is 12.4. The molecule has 0 atom stereocenters. The Morgan fingerprint density at radius 2 is 1.75 bits per heavy atom. The lowest BCUT2D eigenvalue weighted by Gasteiger charge is -2.12. The van der Waals surface area contributed by atoms with Gasteiger partial charge in [-0.2, -0.15) is 0 Å². The van der Waals surface area contributed by atoms with Crippen molar-refractivity contribution in [3.63, 3.8) is 0 Å². The molecule has 0 amide bonds. The minimum Gasteiger partial charge on any atom is -0.263 e. The monoisotopic (exact) mass is 310 g/mol. The van der Waals surface area contributed by atoms with Crippen molar-refractivity contribution >= 4 is 27.4 Å².